The molecule has 1 heterocycles. The Hall–Kier alpha value is 0.310. The van der Waals surface area contributed by atoms with E-state index in [-0.39, 0.29) is 0 Å². The van der Waals surface area contributed by atoms with E-state index in [0.29, 0.717) is 0 Å². The summed E-state index contributed by atoms with van der Waals surface area (Å²) < 4.78 is 5.52. The van der Waals surface area contributed by atoms with Gasteiger partial charge in [-0.3, -0.25) is 0 Å². The summed E-state index contributed by atoms with van der Waals surface area (Å²) in [6.45, 7) is 9.17. The monoisotopic (exact) mass is 192 g/mol. The van der Waals surface area contributed by atoms with Crippen LogP contribution in [0.2, 0.25) is 0 Å². The van der Waals surface area contributed by atoms with Crippen LogP contribution in [0.25, 0.3) is 0 Å². The predicted octanol–water partition coefficient (Wildman–Crippen LogP) is 0.420. The molecule has 3 nitrogen and oxygen atoms in total. The third-order valence-electron chi connectivity index (χ3n) is 2.37. The molecule has 0 saturated carbocycles. The summed E-state index contributed by atoms with van der Waals surface area (Å²) in [4.78, 5) is 2.51. The topological polar surface area (TPSA) is 24.5 Å². The zero-order valence-corrected chi connectivity index (χ0v) is 9.39. The van der Waals surface area contributed by atoms with Crippen molar-refractivity contribution < 1.29 is 4.52 Å². The van der Waals surface area contributed by atoms with E-state index < -0.39 is 7.49 Å². The van der Waals surface area contributed by atoms with Crippen molar-refractivity contribution in [2.75, 3.05) is 52.9 Å². The van der Waals surface area contributed by atoms with Gasteiger partial charge in [-0.15, -0.1) is 0 Å². The first-order chi connectivity index (χ1) is 5.64. The standard InChI is InChI=1S/C8H21N2OP/c1-11-12(2,3)8-10-6-4-9-5-7-10/h9,12H,4-8H2,1-3H3. The first kappa shape index (κ1) is 10.4. The van der Waals surface area contributed by atoms with Crippen molar-refractivity contribution in [2.24, 2.45) is 0 Å². The van der Waals surface area contributed by atoms with Crippen LogP contribution in [0.3, 0.4) is 0 Å². The number of rotatable bonds is 3. The van der Waals surface area contributed by atoms with Crippen molar-refractivity contribution in [1.29, 1.82) is 0 Å². The summed E-state index contributed by atoms with van der Waals surface area (Å²) >= 11 is 0. The molecule has 1 aliphatic rings. The van der Waals surface area contributed by atoms with Crippen LogP contribution in [0, 0.1) is 0 Å². The van der Waals surface area contributed by atoms with Gasteiger partial charge in [0.05, 0.1) is 0 Å². The van der Waals surface area contributed by atoms with Crippen LogP contribution in [0.1, 0.15) is 0 Å². The second-order valence-electron chi connectivity index (χ2n) is 3.99. The Labute approximate surface area is 75.9 Å². The Balaban J connectivity index is 2.28. The summed E-state index contributed by atoms with van der Waals surface area (Å²) in [5.41, 5.74) is 0. The number of nitrogens with one attached hydrogen (secondary N) is 1. The van der Waals surface area contributed by atoms with Gasteiger partial charge >= 0.3 is 75.1 Å². The van der Waals surface area contributed by atoms with Crippen LogP contribution in [0.15, 0.2) is 0 Å². The van der Waals surface area contributed by atoms with Gasteiger partial charge in [-0.2, -0.15) is 0 Å². The van der Waals surface area contributed by atoms with Crippen LogP contribution in [-0.2, 0) is 4.52 Å². The van der Waals surface area contributed by atoms with Gasteiger partial charge in [-0.1, -0.05) is 0 Å². The van der Waals surface area contributed by atoms with E-state index in [1.54, 1.807) is 0 Å². The summed E-state index contributed by atoms with van der Waals surface area (Å²) in [6.07, 6.45) is 1.17. The number of hydrogen-bond donors (Lipinski definition) is 1. The Bertz CT molecular complexity index is 135. The molecule has 1 saturated heterocycles. The molecule has 0 bridgehead atoms. The summed E-state index contributed by atoms with van der Waals surface area (Å²) in [5, 5.41) is 3.35. The maximum atomic E-state index is 5.52. The normalized spacial score (nSPS) is 22.6. The third-order valence-corrected chi connectivity index (χ3v) is 4.68. The first-order valence-corrected chi connectivity index (χ1v) is 7.74. The molecule has 12 heavy (non-hydrogen) atoms. The molecule has 0 aromatic rings. The minimum atomic E-state index is -1.37. The van der Waals surface area contributed by atoms with E-state index in [9.17, 15) is 0 Å². The first-order valence-electron chi connectivity index (χ1n) is 4.62. The Kier molecular flexibility index (Phi) is 3.91. The SMILES string of the molecule is CO[PH](C)(C)CN1CCNCC1. The van der Waals surface area contributed by atoms with E-state index in [1.165, 1.54) is 19.4 Å². The molecule has 1 fully saturated rings. The molecule has 0 aromatic carbocycles. The van der Waals surface area contributed by atoms with Gasteiger partial charge in [0.2, 0.25) is 0 Å². The molecule has 0 atom stereocenters. The van der Waals surface area contributed by atoms with Crippen molar-refractivity contribution in [1.82, 2.24) is 10.2 Å². The fraction of sp³-hybridized carbons (Fsp3) is 1.00. The van der Waals surface area contributed by atoms with E-state index in [2.05, 4.69) is 23.5 Å². The van der Waals surface area contributed by atoms with Crippen molar-refractivity contribution in [3.8, 4) is 0 Å². The average molecular weight is 192 g/mol. The molecule has 1 aliphatic heterocycles. The van der Waals surface area contributed by atoms with E-state index in [4.69, 9.17) is 4.52 Å². The molecular formula is C8H21N2OP. The molecule has 0 spiro atoms. The quantitative estimate of drug-likeness (QED) is 0.656. The maximum absolute atomic E-state index is 5.52. The van der Waals surface area contributed by atoms with Gasteiger partial charge in [-0.25, -0.2) is 0 Å². The number of hydrogen-bond acceptors (Lipinski definition) is 3. The van der Waals surface area contributed by atoms with Gasteiger partial charge in [0.1, 0.15) is 0 Å². The molecule has 1 N–H and O–H groups in total. The zero-order valence-electron chi connectivity index (χ0n) is 8.39. The molecule has 0 amide bonds. The molecule has 4 heteroatoms. The number of nitrogens with zero attached hydrogens (tertiary/aromatic N) is 1. The van der Waals surface area contributed by atoms with Gasteiger partial charge < -0.3 is 0 Å². The van der Waals surface area contributed by atoms with Crippen molar-refractivity contribution in [2.45, 2.75) is 0 Å². The molecular weight excluding hydrogens is 171 g/mol. The van der Waals surface area contributed by atoms with Gasteiger partial charge in [0.15, 0.2) is 0 Å². The van der Waals surface area contributed by atoms with Crippen LogP contribution in [0.5, 0.6) is 0 Å². The molecule has 74 valence electrons. The second-order valence-corrected chi connectivity index (χ2v) is 8.23. The summed E-state index contributed by atoms with van der Waals surface area (Å²) in [5.74, 6) is 0. The summed E-state index contributed by atoms with van der Waals surface area (Å²) in [7, 11) is 0.475. The average Bonchev–Trinajstić information content (AvgIpc) is 2.06. The second kappa shape index (κ2) is 4.52. The Morgan fingerprint density at radius 1 is 1.33 bits per heavy atom. The van der Waals surface area contributed by atoms with Crippen LogP contribution in [-0.4, -0.2) is 57.8 Å². The fourth-order valence-corrected chi connectivity index (χ4v) is 2.99. The van der Waals surface area contributed by atoms with Gasteiger partial charge in [-0.05, 0) is 0 Å². The van der Waals surface area contributed by atoms with Gasteiger partial charge in [0.25, 0.3) is 0 Å². The van der Waals surface area contributed by atoms with Crippen LogP contribution < -0.4 is 5.32 Å². The van der Waals surface area contributed by atoms with E-state index in [0.717, 1.165) is 13.1 Å². The molecule has 1 rings (SSSR count). The van der Waals surface area contributed by atoms with Crippen molar-refractivity contribution >= 4 is 7.49 Å². The van der Waals surface area contributed by atoms with Crippen molar-refractivity contribution in [3.05, 3.63) is 0 Å². The van der Waals surface area contributed by atoms with E-state index >= 15 is 0 Å². The van der Waals surface area contributed by atoms with Gasteiger partial charge in [0, 0.05) is 0 Å². The summed E-state index contributed by atoms with van der Waals surface area (Å²) in [6, 6.07) is 0. The minimum absolute atomic E-state index is 1.13. The van der Waals surface area contributed by atoms with Crippen LogP contribution in [0.4, 0.5) is 0 Å². The molecule has 0 aromatic heterocycles. The van der Waals surface area contributed by atoms with Crippen molar-refractivity contribution in [3.63, 3.8) is 0 Å². The van der Waals surface area contributed by atoms with E-state index in [1.807, 2.05) is 7.11 Å². The zero-order chi connectivity index (χ0) is 9.03. The fourth-order valence-electron chi connectivity index (χ4n) is 1.47. The Morgan fingerprint density at radius 2 is 1.92 bits per heavy atom. The van der Waals surface area contributed by atoms with Crippen LogP contribution >= 0.6 is 7.49 Å². The predicted molar refractivity (Wildman–Crippen MR) is 56.5 cm³/mol. The Morgan fingerprint density at radius 3 is 2.42 bits per heavy atom. The molecule has 0 radical (unpaired) electrons. The molecule has 0 unspecified atom stereocenters. The third kappa shape index (κ3) is 3.36. The number of piperazine rings is 1. The molecule has 0 aliphatic carbocycles.